The maximum Gasteiger partial charge on any atom is 0.135 e. The first-order valence-corrected chi connectivity index (χ1v) is 17.6. The van der Waals surface area contributed by atoms with E-state index in [9.17, 15) is 0 Å². The van der Waals surface area contributed by atoms with Crippen molar-refractivity contribution in [2.75, 3.05) is 0 Å². The summed E-state index contributed by atoms with van der Waals surface area (Å²) in [6.45, 7) is 4.54. The van der Waals surface area contributed by atoms with Gasteiger partial charge in [-0.25, -0.2) is 4.99 Å². The van der Waals surface area contributed by atoms with Crippen LogP contribution in [0.25, 0.3) is 0 Å². The van der Waals surface area contributed by atoms with Gasteiger partial charge in [0.25, 0.3) is 0 Å². The molecule has 0 bridgehead atoms. The molecular formula is C40H60N2. The molecule has 42 heavy (non-hydrogen) atoms. The molecule has 0 aromatic heterocycles. The second kappa shape index (κ2) is 26.0. The highest BCUT2D eigenvalue weighted by Crippen LogP contribution is 2.17. The largest absolute Gasteiger partial charge is 0.251 e. The summed E-state index contributed by atoms with van der Waals surface area (Å²) in [5, 5.41) is 0. The highest BCUT2D eigenvalue weighted by Gasteiger charge is 2.08. The van der Waals surface area contributed by atoms with E-state index in [1.54, 1.807) is 0 Å². The fourth-order valence-corrected chi connectivity index (χ4v) is 5.31. The number of unbranched alkanes of at least 4 members (excludes halogenated alkanes) is 19. The predicted octanol–water partition coefficient (Wildman–Crippen LogP) is 13.2. The van der Waals surface area contributed by atoms with Crippen molar-refractivity contribution in [2.24, 2.45) is 9.98 Å². The molecule has 0 fully saturated rings. The number of para-hydroxylation sites is 2. The number of rotatable bonds is 24. The fourth-order valence-electron chi connectivity index (χ4n) is 5.31. The van der Waals surface area contributed by atoms with E-state index in [-0.39, 0.29) is 0 Å². The predicted molar refractivity (Wildman–Crippen MR) is 188 cm³/mol. The van der Waals surface area contributed by atoms with Gasteiger partial charge < -0.3 is 0 Å². The van der Waals surface area contributed by atoms with E-state index >= 15 is 0 Å². The number of hydrogen-bond donors (Lipinski definition) is 0. The van der Waals surface area contributed by atoms with Crippen molar-refractivity contribution < 1.29 is 0 Å². The van der Waals surface area contributed by atoms with Crippen LogP contribution >= 0.6 is 0 Å². The zero-order valence-corrected chi connectivity index (χ0v) is 27.2. The molecule has 0 radical (unpaired) electrons. The second-order valence-electron chi connectivity index (χ2n) is 11.9. The smallest absolute Gasteiger partial charge is 0.135 e. The van der Waals surface area contributed by atoms with Crippen LogP contribution in [0, 0.1) is 11.8 Å². The summed E-state index contributed by atoms with van der Waals surface area (Å²) in [4.78, 5) is 9.97. The van der Waals surface area contributed by atoms with Gasteiger partial charge in [-0.1, -0.05) is 172 Å². The summed E-state index contributed by atoms with van der Waals surface area (Å²) in [6, 6.07) is 20.4. The van der Waals surface area contributed by atoms with E-state index in [0.29, 0.717) is 0 Å². The SMILES string of the molecule is CCCCCCCCCCCCCCCCCCCC#CC(=Nc1ccccc1)C(CCCCC)=Nc1ccccc1. The lowest BCUT2D eigenvalue weighted by Crippen LogP contribution is -2.12. The number of benzene rings is 2. The van der Waals surface area contributed by atoms with Gasteiger partial charge in [-0.3, -0.25) is 4.99 Å². The molecule has 2 heteroatoms. The van der Waals surface area contributed by atoms with Gasteiger partial charge >= 0.3 is 0 Å². The summed E-state index contributed by atoms with van der Waals surface area (Å²) < 4.78 is 0. The van der Waals surface area contributed by atoms with Gasteiger partial charge in [-0.05, 0) is 49.4 Å². The number of hydrogen-bond acceptors (Lipinski definition) is 2. The van der Waals surface area contributed by atoms with Crippen molar-refractivity contribution in [2.45, 2.75) is 155 Å². The Labute approximate surface area is 259 Å². The van der Waals surface area contributed by atoms with Crippen molar-refractivity contribution in [3.05, 3.63) is 60.7 Å². The Morgan fingerprint density at radius 2 is 0.881 bits per heavy atom. The fraction of sp³-hybridized carbons (Fsp3) is 0.600. The molecule has 2 aromatic carbocycles. The van der Waals surface area contributed by atoms with Crippen LogP contribution in [0.15, 0.2) is 70.6 Å². The van der Waals surface area contributed by atoms with Crippen LogP contribution in [-0.4, -0.2) is 11.4 Å². The molecule has 2 rings (SSSR count). The lowest BCUT2D eigenvalue weighted by molar-refractivity contribution is 0.528. The van der Waals surface area contributed by atoms with E-state index < -0.39 is 0 Å². The quantitative estimate of drug-likeness (QED) is 0.0683. The van der Waals surface area contributed by atoms with Gasteiger partial charge in [0.2, 0.25) is 0 Å². The summed E-state index contributed by atoms with van der Waals surface area (Å²) in [6.07, 6.45) is 29.1. The van der Waals surface area contributed by atoms with Gasteiger partial charge in [-0.2, -0.15) is 0 Å². The molecule has 0 saturated heterocycles. The van der Waals surface area contributed by atoms with E-state index in [1.165, 1.54) is 122 Å². The molecule has 2 aromatic rings. The van der Waals surface area contributed by atoms with Crippen LogP contribution in [0.3, 0.4) is 0 Å². The lowest BCUT2D eigenvalue weighted by Gasteiger charge is -2.07. The summed E-state index contributed by atoms with van der Waals surface area (Å²) >= 11 is 0. The second-order valence-corrected chi connectivity index (χ2v) is 11.9. The van der Waals surface area contributed by atoms with Gasteiger partial charge in [0.1, 0.15) is 5.71 Å². The van der Waals surface area contributed by atoms with Crippen LogP contribution in [0.5, 0.6) is 0 Å². The van der Waals surface area contributed by atoms with E-state index in [2.05, 4.69) is 37.8 Å². The van der Waals surface area contributed by atoms with Crippen LogP contribution in [-0.2, 0) is 0 Å². The maximum absolute atomic E-state index is 5.01. The van der Waals surface area contributed by atoms with E-state index in [0.717, 1.165) is 42.1 Å². The monoisotopic (exact) mass is 568 g/mol. The molecule has 230 valence electrons. The summed E-state index contributed by atoms with van der Waals surface area (Å²) in [5.74, 6) is 6.89. The van der Waals surface area contributed by atoms with Crippen LogP contribution in [0.1, 0.15) is 155 Å². The average molecular weight is 569 g/mol. The third kappa shape index (κ3) is 18.7. The lowest BCUT2D eigenvalue weighted by atomic mass is 10.0. The number of nitrogens with zero attached hydrogens (tertiary/aromatic N) is 2. The maximum atomic E-state index is 5.01. The van der Waals surface area contributed by atoms with Crippen molar-refractivity contribution in [1.82, 2.24) is 0 Å². The molecule has 0 spiro atoms. The van der Waals surface area contributed by atoms with E-state index in [1.807, 2.05) is 48.5 Å². The molecule has 0 heterocycles. The third-order valence-electron chi connectivity index (χ3n) is 7.92. The van der Waals surface area contributed by atoms with Gasteiger partial charge in [0, 0.05) is 6.42 Å². The first-order chi connectivity index (χ1) is 20.8. The molecule has 0 saturated carbocycles. The van der Waals surface area contributed by atoms with Gasteiger partial charge in [-0.15, -0.1) is 0 Å². The number of aliphatic imine (C=N–C) groups is 2. The van der Waals surface area contributed by atoms with Gasteiger partial charge in [0.15, 0.2) is 0 Å². The molecule has 2 nitrogen and oxygen atoms in total. The highest BCUT2D eigenvalue weighted by molar-refractivity contribution is 6.49. The molecule has 0 unspecified atom stereocenters. The molecular weight excluding hydrogens is 508 g/mol. The summed E-state index contributed by atoms with van der Waals surface area (Å²) in [5.41, 5.74) is 3.75. The zero-order valence-electron chi connectivity index (χ0n) is 27.2. The molecule has 0 N–H and O–H groups in total. The Kier molecular flexibility index (Phi) is 22.0. The Morgan fingerprint density at radius 3 is 1.36 bits per heavy atom. The Balaban J connectivity index is 1.70. The Morgan fingerprint density at radius 1 is 0.476 bits per heavy atom. The standard InChI is InChI=1S/C40H60N2/c1-3-5-7-8-9-10-11-12-13-14-15-16-17-18-19-20-21-22-30-36-40(42-38-33-28-24-29-34-38)39(35-25-6-4-2)41-37-31-26-23-27-32-37/h23-24,26-29,31-34H,3-22,25,35H2,1-2H3. The summed E-state index contributed by atoms with van der Waals surface area (Å²) in [7, 11) is 0. The van der Waals surface area contributed by atoms with Gasteiger partial charge in [0.05, 0.1) is 17.1 Å². The molecule has 0 amide bonds. The van der Waals surface area contributed by atoms with Crippen molar-refractivity contribution in [1.29, 1.82) is 0 Å². The molecule has 0 aliphatic heterocycles. The Hall–Kier alpha value is -2.66. The highest BCUT2D eigenvalue weighted by atomic mass is 14.8. The minimum atomic E-state index is 0.827. The topological polar surface area (TPSA) is 24.7 Å². The van der Waals surface area contributed by atoms with Crippen molar-refractivity contribution in [3.63, 3.8) is 0 Å². The van der Waals surface area contributed by atoms with Crippen LogP contribution in [0.4, 0.5) is 11.4 Å². The average Bonchev–Trinajstić information content (AvgIpc) is 3.02. The minimum absolute atomic E-state index is 0.827. The molecule has 0 aliphatic rings. The normalized spacial score (nSPS) is 11.9. The minimum Gasteiger partial charge on any atom is -0.251 e. The first-order valence-electron chi connectivity index (χ1n) is 17.6. The van der Waals surface area contributed by atoms with Crippen LogP contribution in [0.2, 0.25) is 0 Å². The Bertz CT molecular complexity index is 1010. The zero-order chi connectivity index (χ0) is 29.8. The van der Waals surface area contributed by atoms with Crippen molar-refractivity contribution in [3.8, 4) is 11.8 Å². The molecule has 0 atom stereocenters. The molecule has 0 aliphatic carbocycles. The van der Waals surface area contributed by atoms with Crippen molar-refractivity contribution >= 4 is 22.8 Å². The first kappa shape index (κ1) is 35.5. The van der Waals surface area contributed by atoms with E-state index in [4.69, 9.17) is 9.98 Å². The third-order valence-corrected chi connectivity index (χ3v) is 7.92. The van der Waals surface area contributed by atoms with Crippen LogP contribution < -0.4 is 0 Å².